The van der Waals surface area contributed by atoms with Gasteiger partial charge in [0, 0.05) is 22.5 Å². The predicted molar refractivity (Wildman–Crippen MR) is 91.7 cm³/mol. The van der Waals surface area contributed by atoms with Crippen molar-refractivity contribution < 1.29 is 8.42 Å². The van der Waals surface area contributed by atoms with Gasteiger partial charge in [-0.2, -0.15) is 4.31 Å². The molecule has 0 aliphatic rings. The molecule has 21 heavy (non-hydrogen) atoms. The normalized spacial score (nSPS) is 11.9. The van der Waals surface area contributed by atoms with Crippen molar-refractivity contribution >= 4 is 41.9 Å². The zero-order valence-electron chi connectivity index (χ0n) is 11.7. The van der Waals surface area contributed by atoms with Gasteiger partial charge in [-0.25, -0.2) is 8.42 Å². The summed E-state index contributed by atoms with van der Waals surface area (Å²) in [5.41, 5.74) is 2.11. The summed E-state index contributed by atoms with van der Waals surface area (Å²) in [6.45, 7) is 2.34. The second-order valence-electron chi connectivity index (χ2n) is 4.82. The van der Waals surface area contributed by atoms with Crippen LogP contribution in [0.25, 0.3) is 0 Å². The predicted octanol–water partition coefficient (Wildman–Crippen LogP) is 4.34. The Morgan fingerprint density at radius 3 is 2.29 bits per heavy atom. The third kappa shape index (κ3) is 3.94. The summed E-state index contributed by atoms with van der Waals surface area (Å²) >= 11 is 6.61. The van der Waals surface area contributed by atoms with Gasteiger partial charge in [0.1, 0.15) is 0 Å². The highest BCUT2D eigenvalue weighted by Gasteiger charge is 2.23. The molecule has 3 nitrogen and oxygen atoms in total. The number of aryl methyl sites for hydroxylation is 1. The van der Waals surface area contributed by atoms with Gasteiger partial charge in [0.25, 0.3) is 0 Å². The van der Waals surface area contributed by atoms with Gasteiger partial charge in [-0.3, -0.25) is 0 Å². The molecule has 0 amide bonds. The van der Waals surface area contributed by atoms with Gasteiger partial charge in [-0.15, -0.1) is 0 Å². The highest BCUT2D eigenvalue weighted by atomic mass is 79.9. The molecule has 0 N–H and O–H groups in total. The molecule has 0 saturated heterocycles. The molecule has 0 heterocycles. The summed E-state index contributed by atoms with van der Waals surface area (Å²) in [6.07, 6.45) is 0. The van der Waals surface area contributed by atoms with Gasteiger partial charge in [-0.1, -0.05) is 45.8 Å². The van der Waals surface area contributed by atoms with Crippen molar-refractivity contribution in [1.82, 2.24) is 4.31 Å². The molecule has 0 aliphatic carbocycles. The van der Waals surface area contributed by atoms with Crippen molar-refractivity contribution in [3.05, 3.63) is 62.5 Å². The highest BCUT2D eigenvalue weighted by molar-refractivity contribution is 9.11. The van der Waals surface area contributed by atoms with Crippen LogP contribution < -0.4 is 0 Å². The van der Waals surface area contributed by atoms with Crippen LogP contribution in [0.3, 0.4) is 0 Å². The number of sulfonamides is 1. The fourth-order valence-electron chi connectivity index (χ4n) is 1.88. The fraction of sp³-hybridized carbons (Fsp3) is 0.200. The minimum absolute atomic E-state index is 0.256. The summed E-state index contributed by atoms with van der Waals surface area (Å²) in [6, 6.07) is 13.0. The highest BCUT2D eigenvalue weighted by Crippen LogP contribution is 2.28. The Balaban J connectivity index is 2.30. The lowest BCUT2D eigenvalue weighted by Gasteiger charge is -2.18. The molecule has 0 radical (unpaired) electrons. The average molecular weight is 433 g/mol. The van der Waals surface area contributed by atoms with E-state index in [1.807, 2.05) is 31.2 Å². The Labute approximate surface area is 142 Å². The van der Waals surface area contributed by atoms with E-state index in [1.54, 1.807) is 25.2 Å². The molecule has 112 valence electrons. The Morgan fingerprint density at radius 2 is 1.67 bits per heavy atom. The summed E-state index contributed by atoms with van der Waals surface area (Å²) < 4.78 is 27.9. The first kappa shape index (κ1) is 16.7. The van der Waals surface area contributed by atoms with Crippen LogP contribution in [0.4, 0.5) is 0 Å². The number of nitrogens with zero attached hydrogens (tertiary/aromatic N) is 1. The Morgan fingerprint density at radius 1 is 1.05 bits per heavy atom. The monoisotopic (exact) mass is 431 g/mol. The van der Waals surface area contributed by atoms with E-state index < -0.39 is 10.0 Å². The fourth-order valence-corrected chi connectivity index (χ4v) is 4.50. The molecule has 2 aromatic carbocycles. The molecule has 0 fully saturated rings. The van der Waals surface area contributed by atoms with E-state index in [4.69, 9.17) is 0 Å². The summed E-state index contributed by atoms with van der Waals surface area (Å²) in [7, 11) is -1.96. The lowest BCUT2D eigenvalue weighted by atomic mass is 10.1. The van der Waals surface area contributed by atoms with Crippen molar-refractivity contribution in [3.63, 3.8) is 0 Å². The van der Waals surface area contributed by atoms with Crippen LogP contribution in [-0.2, 0) is 16.6 Å². The van der Waals surface area contributed by atoms with E-state index in [-0.39, 0.29) is 4.90 Å². The zero-order valence-corrected chi connectivity index (χ0v) is 15.7. The quantitative estimate of drug-likeness (QED) is 0.720. The van der Waals surface area contributed by atoms with E-state index in [0.29, 0.717) is 11.0 Å². The van der Waals surface area contributed by atoms with Crippen molar-refractivity contribution in [2.45, 2.75) is 18.4 Å². The Kier molecular flexibility index (Phi) is 5.24. The summed E-state index contributed by atoms with van der Waals surface area (Å²) in [5, 5.41) is 0. The molecule has 0 saturated carbocycles. The van der Waals surface area contributed by atoms with Crippen LogP contribution >= 0.6 is 31.9 Å². The van der Waals surface area contributed by atoms with Gasteiger partial charge >= 0.3 is 0 Å². The Bertz CT molecular complexity index is 743. The van der Waals surface area contributed by atoms with E-state index in [1.165, 1.54) is 4.31 Å². The first-order valence-corrected chi connectivity index (χ1v) is 9.30. The molecule has 2 rings (SSSR count). The van der Waals surface area contributed by atoms with E-state index in [2.05, 4.69) is 31.9 Å². The third-order valence-corrected chi connectivity index (χ3v) is 6.40. The Hall–Kier alpha value is -0.690. The number of hydrogen-bond acceptors (Lipinski definition) is 2. The lowest BCUT2D eigenvalue weighted by molar-refractivity contribution is 0.466. The second-order valence-corrected chi connectivity index (χ2v) is 8.60. The summed E-state index contributed by atoms with van der Waals surface area (Å²) in [5.74, 6) is 0. The molecule has 2 aromatic rings. The maximum atomic E-state index is 12.7. The van der Waals surface area contributed by atoms with E-state index in [0.717, 1.165) is 15.6 Å². The number of benzene rings is 2. The largest absolute Gasteiger partial charge is 0.244 e. The SMILES string of the molecule is Cc1ccc(CN(C)S(=O)(=O)c2cc(Br)ccc2Br)cc1. The van der Waals surface area contributed by atoms with Gasteiger partial charge < -0.3 is 0 Å². The average Bonchev–Trinajstić information content (AvgIpc) is 2.43. The smallest absolute Gasteiger partial charge is 0.207 e. The number of halogens is 2. The van der Waals surface area contributed by atoms with Crippen molar-refractivity contribution in [2.75, 3.05) is 7.05 Å². The zero-order chi connectivity index (χ0) is 15.6. The first-order chi connectivity index (χ1) is 9.80. The van der Waals surface area contributed by atoms with Gasteiger partial charge in [0.2, 0.25) is 10.0 Å². The van der Waals surface area contributed by atoms with Crippen molar-refractivity contribution in [2.24, 2.45) is 0 Å². The lowest BCUT2D eigenvalue weighted by Crippen LogP contribution is -2.26. The standard InChI is InChI=1S/C15H15Br2NO2S/c1-11-3-5-12(6-4-11)10-18(2)21(19,20)15-9-13(16)7-8-14(15)17/h3-9H,10H2,1-2H3. The summed E-state index contributed by atoms with van der Waals surface area (Å²) in [4.78, 5) is 0.256. The maximum Gasteiger partial charge on any atom is 0.244 e. The molecule has 6 heteroatoms. The molecule has 0 unspecified atom stereocenters. The van der Waals surface area contributed by atoms with Crippen LogP contribution in [-0.4, -0.2) is 19.8 Å². The minimum atomic E-state index is -3.54. The topological polar surface area (TPSA) is 37.4 Å². The molecule has 0 bridgehead atoms. The van der Waals surface area contributed by atoms with Crippen molar-refractivity contribution in [3.8, 4) is 0 Å². The van der Waals surface area contributed by atoms with Crippen molar-refractivity contribution in [1.29, 1.82) is 0 Å². The van der Waals surface area contributed by atoms with Crippen LogP contribution in [0.2, 0.25) is 0 Å². The number of hydrogen-bond donors (Lipinski definition) is 0. The van der Waals surface area contributed by atoms with E-state index >= 15 is 0 Å². The third-order valence-electron chi connectivity index (χ3n) is 3.11. The molecule has 0 spiro atoms. The molecular weight excluding hydrogens is 418 g/mol. The van der Waals surface area contributed by atoms with Gasteiger partial charge in [-0.05, 0) is 46.6 Å². The first-order valence-electron chi connectivity index (χ1n) is 6.27. The number of rotatable bonds is 4. The maximum absolute atomic E-state index is 12.7. The second kappa shape index (κ2) is 6.60. The van der Waals surface area contributed by atoms with E-state index in [9.17, 15) is 8.42 Å². The molecule has 0 aromatic heterocycles. The molecular formula is C15H15Br2NO2S. The van der Waals surface area contributed by atoms with Crippen LogP contribution in [0.1, 0.15) is 11.1 Å². The molecule has 0 atom stereocenters. The van der Waals surface area contributed by atoms with Crippen LogP contribution in [0, 0.1) is 6.92 Å². The van der Waals surface area contributed by atoms with Gasteiger partial charge in [0.05, 0.1) is 4.90 Å². The van der Waals surface area contributed by atoms with Crippen LogP contribution in [0.5, 0.6) is 0 Å². The minimum Gasteiger partial charge on any atom is -0.207 e. The van der Waals surface area contributed by atoms with Crippen LogP contribution in [0.15, 0.2) is 56.3 Å². The molecule has 0 aliphatic heterocycles. The van der Waals surface area contributed by atoms with Gasteiger partial charge in [0.15, 0.2) is 0 Å².